The van der Waals surface area contributed by atoms with E-state index in [9.17, 15) is 9.59 Å². The van der Waals surface area contributed by atoms with Crippen molar-refractivity contribution in [2.24, 2.45) is 0 Å². The van der Waals surface area contributed by atoms with Gasteiger partial charge in [0.05, 0.1) is 0 Å². The molecular formula is C9H7IO5. The van der Waals surface area contributed by atoms with Crippen LogP contribution in [0.3, 0.4) is 0 Å². The minimum atomic E-state index is -1.21. The molecule has 0 unspecified atom stereocenters. The van der Waals surface area contributed by atoms with Gasteiger partial charge in [-0.2, -0.15) is 0 Å². The van der Waals surface area contributed by atoms with Crippen LogP contribution in [-0.2, 0) is 0 Å². The standard InChI is InChI=1S/C9H7IO5/c1-4-2-5(8(11)12)7(15-10)6(3-4)9(13)14/h2-3H,1H3,(H,11,12)(H,13,14). The predicted octanol–water partition coefficient (Wildman–Crippen LogP) is 2.12. The number of benzene rings is 1. The molecule has 2 N–H and O–H groups in total. The molecule has 0 spiro atoms. The third-order valence-corrected chi connectivity index (χ3v) is 2.21. The maximum Gasteiger partial charge on any atom is 0.339 e. The second kappa shape index (κ2) is 4.47. The Morgan fingerprint density at radius 2 is 1.60 bits per heavy atom. The van der Waals surface area contributed by atoms with Gasteiger partial charge in [0.2, 0.25) is 0 Å². The van der Waals surface area contributed by atoms with Crippen molar-refractivity contribution in [1.82, 2.24) is 0 Å². The van der Waals surface area contributed by atoms with Crippen LogP contribution in [0.2, 0.25) is 0 Å². The van der Waals surface area contributed by atoms with Crippen LogP contribution < -0.4 is 3.07 Å². The number of aryl methyl sites for hydroxylation is 1. The fraction of sp³-hybridized carbons (Fsp3) is 0.111. The van der Waals surface area contributed by atoms with Crippen molar-refractivity contribution in [2.45, 2.75) is 6.92 Å². The van der Waals surface area contributed by atoms with E-state index in [1.54, 1.807) is 6.92 Å². The average Bonchev–Trinajstić information content (AvgIpc) is 2.16. The van der Waals surface area contributed by atoms with E-state index in [2.05, 4.69) is 0 Å². The van der Waals surface area contributed by atoms with Gasteiger partial charge in [0.1, 0.15) is 11.1 Å². The van der Waals surface area contributed by atoms with E-state index < -0.39 is 11.9 Å². The number of rotatable bonds is 3. The number of hydrogen-bond acceptors (Lipinski definition) is 3. The van der Waals surface area contributed by atoms with Crippen LogP contribution in [0.25, 0.3) is 0 Å². The predicted molar refractivity (Wildman–Crippen MR) is 59.7 cm³/mol. The van der Waals surface area contributed by atoms with E-state index in [1.165, 1.54) is 35.1 Å². The molecule has 0 fully saturated rings. The van der Waals surface area contributed by atoms with Crippen LogP contribution in [0.15, 0.2) is 12.1 Å². The van der Waals surface area contributed by atoms with E-state index in [0.29, 0.717) is 5.56 Å². The monoisotopic (exact) mass is 322 g/mol. The number of hydrogen-bond donors (Lipinski definition) is 2. The summed E-state index contributed by atoms with van der Waals surface area (Å²) < 4.78 is 4.76. The fourth-order valence-corrected chi connectivity index (χ4v) is 1.65. The van der Waals surface area contributed by atoms with Gasteiger partial charge in [-0.05, 0) is 24.6 Å². The van der Waals surface area contributed by atoms with Crippen molar-refractivity contribution in [2.75, 3.05) is 0 Å². The van der Waals surface area contributed by atoms with Gasteiger partial charge < -0.3 is 13.3 Å². The molecule has 0 heterocycles. The summed E-state index contributed by atoms with van der Waals surface area (Å²) >= 11 is 1.46. The summed E-state index contributed by atoms with van der Waals surface area (Å²) in [5, 5.41) is 17.7. The summed E-state index contributed by atoms with van der Waals surface area (Å²) in [5.74, 6) is -2.57. The van der Waals surface area contributed by atoms with Crippen LogP contribution in [0.4, 0.5) is 0 Å². The molecule has 0 aliphatic rings. The molecule has 0 bridgehead atoms. The number of halogens is 1. The third kappa shape index (κ3) is 2.38. The Kier molecular flexibility index (Phi) is 3.51. The molecule has 1 aromatic rings. The van der Waals surface area contributed by atoms with Gasteiger partial charge in [0.25, 0.3) is 0 Å². The summed E-state index contributed by atoms with van der Waals surface area (Å²) in [6, 6.07) is 2.73. The lowest BCUT2D eigenvalue weighted by Crippen LogP contribution is -2.06. The lowest BCUT2D eigenvalue weighted by atomic mass is 10.0. The fourth-order valence-electron chi connectivity index (χ4n) is 1.17. The summed E-state index contributed by atoms with van der Waals surface area (Å²) in [4.78, 5) is 21.7. The number of carboxylic acids is 2. The minimum absolute atomic E-state index is 0.138. The molecule has 0 aromatic heterocycles. The van der Waals surface area contributed by atoms with Crippen LogP contribution in [0.1, 0.15) is 26.3 Å². The Morgan fingerprint density at radius 3 is 1.87 bits per heavy atom. The minimum Gasteiger partial charge on any atom is -0.478 e. The maximum absolute atomic E-state index is 10.8. The number of aromatic carboxylic acids is 2. The maximum atomic E-state index is 10.8. The molecule has 0 amide bonds. The molecule has 0 saturated heterocycles. The highest BCUT2D eigenvalue weighted by molar-refractivity contribution is 14.1. The first-order valence-corrected chi connectivity index (χ1v) is 4.75. The number of carbonyl (C=O) groups is 2. The quantitative estimate of drug-likeness (QED) is 0.833. The normalized spacial score (nSPS) is 9.73. The molecule has 1 aromatic carbocycles. The van der Waals surface area contributed by atoms with Crippen molar-refractivity contribution in [3.8, 4) is 5.75 Å². The van der Waals surface area contributed by atoms with Crippen LogP contribution in [0, 0.1) is 6.92 Å². The number of carboxylic acid groups (broad SMARTS) is 2. The zero-order valence-corrected chi connectivity index (χ0v) is 9.81. The molecule has 0 aliphatic carbocycles. The summed E-state index contributed by atoms with van der Waals surface area (Å²) in [6.45, 7) is 1.62. The van der Waals surface area contributed by atoms with E-state index in [0.717, 1.165) is 0 Å². The largest absolute Gasteiger partial charge is 0.478 e. The van der Waals surface area contributed by atoms with Crippen molar-refractivity contribution in [1.29, 1.82) is 0 Å². The molecule has 6 heteroatoms. The smallest absolute Gasteiger partial charge is 0.339 e. The molecule has 5 nitrogen and oxygen atoms in total. The SMILES string of the molecule is Cc1cc(C(=O)O)c(OI)c(C(=O)O)c1. The highest BCUT2D eigenvalue weighted by Gasteiger charge is 2.20. The van der Waals surface area contributed by atoms with Gasteiger partial charge in [-0.25, -0.2) is 9.59 Å². The summed E-state index contributed by atoms with van der Waals surface area (Å²) in [7, 11) is 0. The lowest BCUT2D eigenvalue weighted by molar-refractivity contribution is 0.0695. The van der Waals surface area contributed by atoms with Gasteiger partial charge in [0, 0.05) is 0 Å². The topological polar surface area (TPSA) is 83.8 Å². The van der Waals surface area contributed by atoms with Gasteiger partial charge >= 0.3 is 11.9 Å². The van der Waals surface area contributed by atoms with Gasteiger partial charge in [0.15, 0.2) is 28.8 Å². The Bertz CT molecular complexity index is 392. The van der Waals surface area contributed by atoms with Gasteiger partial charge in [-0.3, -0.25) is 0 Å². The Morgan fingerprint density at radius 1 is 1.20 bits per heavy atom. The lowest BCUT2D eigenvalue weighted by Gasteiger charge is -2.07. The first-order chi connectivity index (χ1) is 6.97. The Labute approximate surface area is 99.4 Å². The first-order valence-electron chi connectivity index (χ1n) is 3.87. The van der Waals surface area contributed by atoms with Crippen LogP contribution >= 0.6 is 23.0 Å². The average molecular weight is 322 g/mol. The van der Waals surface area contributed by atoms with Crippen LogP contribution in [0.5, 0.6) is 5.75 Å². The second-order valence-electron chi connectivity index (χ2n) is 2.88. The van der Waals surface area contributed by atoms with Crippen molar-refractivity contribution < 1.29 is 22.9 Å². The summed E-state index contributed by atoms with van der Waals surface area (Å²) in [5.41, 5.74) is 0.255. The molecule has 0 saturated carbocycles. The van der Waals surface area contributed by atoms with E-state index in [-0.39, 0.29) is 16.9 Å². The molecular weight excluding hydrogens is 315 g/mol. The molecule has 0 radical (unpaired) electrons. The second-order valence-corrected chi connectivity index (χ2v) is 3.32. The zero-order chi connectivity index (χ0) is 11.6. The molecule has 80 valence electrons. The van der Waals surface area contributed by atoms with Gasteiger partial charge in [-0.15, -0.1) is 0 Å². The van der Waals surface area contributed by atoms with Crippen LogP contribution in [-0.4, -0.2) is 22.2 Å². The van der Waals surface area contributed by atoms with Crippen molar-refractivity contribution in [3.05, 3.63) is 28.8 Å². The first kappa shape index (κ1) is 11.8. The zero-order valence-electron chi connectivity index (χ0n) is 7.65. The molecule has 1 rings (SSSR count). The Balaban J connectivity index is 3.52. The molecule has 15 heavy (non-hydrogen) atoms. The molecule has 0 atom stereocenters. The highest BCUT2D eigenvalue weighted by Crippen LogP contribution is 2.27. The van der Waals surface area contributed by atoms with Crippen molar-refractivity contribution >= 4 is 34.9 Å². The highest BCUT2D eigenvalue weighted by atomic mass is 127. The van der Waals surface area contributed by atoms with E-state index in [4.69, 9.17) is 13.3 Å². The van der Waals surface area contributed by atoms with E-state index in [1.807, 2.05) is 0 Å². The van der Waals surface area contributed by atoms with Crippen molar-refractivity contribution in [3.63, 3.8) is 0 Å². The Hall–Kier alpha value is -1.31. The molecule has 0 aliphatic heterocycles. The summed E-state index contributed by atoms with van der Waals surface area (Å²) in [6.07, 6.45) is 0. The third-order valence-electron chi connectivity index (χ3n) is 1.77. The van der Waals surface area contributed by atoms with E-state index >= 15 is 0 Å². The van der Waals surface area contributed by atoms with Gasteiger partial charge in [-0.1, -0.05) is 0 Å².